The zero-order valence-electron chi connectivity index (χ0n) is 9.36. The normalized spacial score (nSPS) is 15.5. The Balaban J connectivity index is 4.11. The number of halogens is 1. The molecule has 1 unspecified atom stereocenters. The van der Waals surface area contributed by atoms with Crippen molar-refractivity contribution in [3.63, 3.8) is 0 Å². The first-order valence-electron chi connectivity index (χ1n) is 4.61. The Morgan fingerprint density at radius 3 is 2.23 bits per heavy atom. The maximum Gasteiger partial charge on any atom is 0.191 e. The van der Waals surface area contributed by atoms with Gasteiger partial charge in [0, 0.05) is 6.23 Å². The zero-order chi connectivity index (χ0) is 10.7. The summed E-state index contributed by atoms with van der Waals surface area (Å²) < 4.78 is 5.94. The van der Waals surface area contributed by atoms with Crippen LogP contribution in [0.1, 0.15) is 20.8 Å². The molecule has 0 aliphatic heterocycles. The van der Waals surface area contributed by atoms with Crippen molar-refractivity contribution in [1.29, 1.82) is 0 Å². The molecule has 0 aromatic rings. The molecule has 0 saturated heterocycles. The van der Waals surface area contributed by atoms with Gasteiger partial charge in [0.15, 0.2) is 16.4 Å². The third-order valence-electron chi connectivity index (χ3n) is 2.67. The SMILES string of the molecule is C=C[SiH](Cl)CO[Si](C)(C)C(C)(C)C. The number of hydrogen-bond acceptors (Lipinski definition) is 1. The summed E-state index contributed by atoms with van der Waals surface area (Å²) in [4.78, 5) is 0. The van der Waals surface area contributed by atoms with Gasteiger partial charge in [-0.15, -0.1) is 6.58 Å². The first kappa shape index (κ1) is 13.4. The van der Waals surface area contributed by atoms with Crippen LogP contribution in [-0.4, -0.2) is 22.7 Å². The van der Waals surface area contributed by atoms with Crippen LogP contribution < -0.4 is 0 Å². The predicted octanol–water partition coefficient (Wildman–Crippen LogP) is 3.24. The van der Waals surface area contributed by atoms with Gasteiger partial charge in [-0.3, -0.25) is 0 Å². The van der Waals surface area contributed by atoms with Gasteiger partial charge in [0.2, 0.25) is 0 Å². The summed E-state index contributed by atoms with van der Waals surface area (Å²) in [5.74, 6) is 0. The summed E-state index contributed by atoms with van der Waals surface area (Å²) in [7, 11) is -2.89. The lowest BCUT2D eigenvalue weighted by molar-refractivity contribution is 0.347. The highest BCUT2D eigenvalue weighted by molar-refractivity contribution is 7.10. The minimum Gasteiger partial charge on any atom is -0.418 e. The van der Waals surface area contributed by atoms with Crippen LogP contribution >= 0.6 is 11.1 Å². The van der Waals surface area contributed by atoms with Crippen molar-refractivity contribution in [3.8, 4) is 0 Å². The third-order valence-corrected chi connectivity index (χ3v) is 9.41. The molecular formula is C9H21ClOSi2. The van der Waals surface area contributed by atoms with Gasteiger partial charge in [0.1, 0.15) is 0 Å². The fourth-order valence-corrected chi connectivity index (χ4v) is 4.01. The van der Waals surface area contributed by atoms with Crippen molar-refractivity contribution in [3.05, 3.63) is 12.3 Å². The van der Waals surface area contributed by atoms with E-state index in [1.54, 1.807) is 0 Å². The first-order chi connectivity index (χ1) is 5.70. The summed E-state index contributed by atoms with van der Waals surface area (Å²) in [6.45, 7) is 14.9. The van der Waals surface area contributed by atoms with Crippen LogP contribution in [0.3, 0.4) is 0 Å². The molecule has 1 atom stereocenters. The van der Waals surface area contributed by atoms with E-state index in [-0.39, 0.29) is 5.04 Å². The molecule has 0 aromatic heterocycles. The molecule has 0 spiro atoms. The van der Waals surface area contributed by atoms with Crippen molar-refractivity contribution < 1.29 is 4.43 Å². The quantitative estimate of drug-likeness (QED) is 0.538. The Kier molecular flexibility index (Phi) is 4.93. The van der Waals surface area contributed by atoms with Crippen LogP contribution in [0, 0.1) is 0 Å². The predicted molar refractivity (Wildman–Crippen MR) is 66.3 cm³/mol. The van der Waals surface area contributed by atoms with Crippen LogP contribution in [-0.2, 0) is 4.43 Å². The maximum absolute atomic E-state index is 6.04. The van der Waals surface area contributed by atoms with E-state index in [0.717, 1.165) is 6.23 Å². The largest absolute Gasteiger partial charge is 0.418 e. The Hall–Kier alpha value is 0.424. The molecule has 0 fully saturated rings. The van der Waals surface area contributed by atoms with Crippen LogP contribution in [0.25, 0.3) is 0 Å². The molecule has 0 bridgehead atoms. The van der Waals surface area contributed by atoms with E-state index in [1.807, 2.05) is 5.70 Å². The molecule has 4 heteroatoms. The van der Waals surface area contributed by atoms with Gasteiger partial charge >= 0.3 is 0 Å². The van der Waals surface area contributed by atoms with Gasteiger partial charge in [-0.05, 0) is 18.1 Å². The van der Waals surface area contributed by atoms with E-state index < -0.39 is 16.4 Å². The van der Waals surface area contributed by atoms with Crippen molar-refractivity contribution >= 4 is 27.5 Å². The molecule has 78 valence electrons. The number of rotatable bonds is 4. The molecular weight excluding hydrogens is 216 g/mol. The fraction of sp³-hybridized carbons (Fsp3) is 0.778. The second-order valence-electron chi connectivity index (χ2n) is 4.82. The molecule has 1 nitrogen and oxygen atoms in total. The fourth-order valence-electron chi connectivity index (χ4n) is 0.572. The Bertz CT molecular complexity index is 175. The van der Waals surface area contributed by atoms with Gasteiger partial charge in [-0.1, -0.05) is 26.5 Å². The Labute approximate surface area is 89.6 Å². The second-order valence-corrected chi connectivity index (χ2v) is 13.2. The zero-order valence-corrected chi connectivity index (χ0v) is 12.3. The maximum atomic E-state index is 6.04. The van der Waals surface area contributed by atoms with E-state index in [4.69, 9.17) is 15.5 Å². The van der Waals surface area contributed by atoms with Crippen LogP contribution in [0.15, 0.2) is 12.3 Å². The lowest BCUT2D eigenvalue weighted by Crippen LogP contribution is -2.42. The summed E-state index contributed by atoms with van der Waals surface area (Å²) in [6.07, 6.45) is 0.724. The minimum atomic E-state index is -1.58. The Morgan fingerprint density at radius 2 is 1.92 bits per heavy atom. The monoisotopic (exact) mass is 236 g/mol. The second kappa shape index (κ2) is 4.78. The summed E-state index contributed by atoms with van der Waals surface area (Å²) in [6, 6.07) is 0. The molecule has 0 amide bonds. The van der Waals surface area contributed by atoms with Crippen LogP contribution in [0.2, 0.25) is 18.1 Å². The van der Waals surface area contributed by atoms with Crippen molar-refractivity contribution in [2.75, 3.05) is 6.23 Å². The summed E-state index contributed by atoms with van der Waals surface area (Å²) >= 11 is 6.04. The molecule has 0 heterocycles. The molecule has 0 aliphatic carbocycles. The van der Waals surface area contributed by atoms with Crippen molar-refractivity contribution in [2.24, 2.45) is 0 Å². The molecule has 0 N–H and O–H groups in total. The van der Waals surface area contributed by atoms with Crippen LogP contribution in [0.5, 0.6) is 0 Å². The Morgan fingerprint density at radius 1 is 1.46 bits per heavy atom. The average Bonchev–Trinajstić information content (AvgIpc) is 1.98. The molecule has 0 aliphatic rings. The minimum absolute atomic E-state index is 0.277. The summed E-state index contributed by atoms with van der Waals surface area (Å²) in [5.41, 5.74) is 1.86. The van der Waals surface area contributed by atoms with Gasteiger partial charge < -0.3 is 4.43 Å². The van der Waals surface area contributed by atoms with Gasteiger partial charge in [0.25, 0.3) is 0 Å². The average molecular weight is 237 g/mol. The topological polar surface area (TPSA) is 9.23 Å². The van der Waals surface area contributed by atoms with Crippen molar-refractivity contribution in [2.45, 2.75) is 38.9 Å². The van der Waals surface area contributed by atoms with E-state index in [9.17, 15) is 0 Å². The smallest absolute Gasteiger partial charge is 0.191 e. The third kappa shape index (κ3) is 4.45. The molecule has 13 heavy (non-hydrogen) atoms. The lowest BCUT2D eigenvalue weighted by atomic mass is 10.2. The van der Waals surface area contributed by atoms with E-state index in [0.29, 0.717) is 0 Å². The van der Waals surface area contributed by atoms with E-state index in [1.165, 1.54) is 0 Å². The lowest BCUT2D eigenvalue weighted by Gasteiger charge is -2.36. The van der Waals surface area contributed by atoms with E-state index >= 15 is 0 Å². The molecule has 0 radical (unpaired) electrons. The highest BCUT2D eigenvalue weighted by atomic mass is 35.6. The number of hydrogen-bond donors (Lipinski definition) is 0. The van der Waals surface area contributed by atoms with E-state index in [2.05, 4.69) is 40.4 Å². The standard InChI is InChI=1S/C9H21ClOSi2/c1-7-12(10)8-11-13(5,6)9(2,3)4/h7,12H,1,8H2,2-6H3. The summed E-state index contributed by atoms with van der Waals surface area (Å²) in [5, 5.41) is 0.277. The first-order valence-corrected chi connectivity index (χ1v) is 10.7. The molecule has 0 saturated carbocycles. The highest BCUT2D eigenvalue weighted by Gasteiger charge is 2.37. The van der Waals surface area contributed by atoms with Gasteiger partial charge in [-0.25, -0.2) is 0 Å². The molecule has 0 aromatic carbocycles. The van der Waals surface area contributed by atoms with Crippen molar-refractivity contribution in [1.82, 2.24) is 0 Å². The van der Waals surface area contributed by atoms with Crippen LogP contribution in [0.4, 0.5) is 0 Å². The van der Waals surface area contributed by atoms with Gasteiger partial charge in [-0.2, -0.15) is 11.1 Å². The highest BCUT2D eigenvalue weighted by Crippen LogP contribution is 2.36. The van der Waals surface area contributed by atoms with Gasteiger partial charge in [0.05, 0.1) is 0 Å². The molecule has 0 rings (SSSR count).